The maximum Gasteiger partial charge on any atom is 0.336 e. The van der Waals surface area contributed by atoms with E-state index >= 15 is 0 Å². The number of phenolic OH excluding ortho intramolecular Hbond substituents is 1. The van der Waals surface area contributed by atoms with Gasteiger partial charge in [-0.15, -0.1) is 0 Å². The van der Waals surface area contributed by atoms with Gasteiger partial charge in [0.05, 0.1) is 5.56 Å². The highest BCUT2D eigenvalue weighted by molar-refractivity contribution is 5.85. The number of aromatic hydroxyl groups is 1. The average Bonchev–Trinajstić information content (AvgIpc) is 2.74. The van der Waals surface area contributed by atoms with E-state index in [0.29, 0.717) is 24.1 Å². The number of nitrogens with zero attached hydrogens (tertiary/aromatic N) is 2. The first-order valence-electron chi connectivity index (χ1n) is 11.8. The van der Waals surface area contributed by atoms with E-state index in [2.05, 4.69) is 23.8 Å². The monoisotopic (exact) mass is 412 g/mol. The molecular weight excluding hydrogens is 376 g/mol. The number of fused-ring (bicyclic) bond motifs is 2. The molecule has 5 nitrogen and oxygen atoms in total. The van der Waals surface area contributed by atoms with Crippen molar-refractivity contribution >= 4 is 11.0 Å². The molecule has 0 saturated carbocycles. The van der Waals surface area contributed by atoms with Gasteiger partial charge in [-0.25, -0.2) is 4.79 Å². The van der Waals surface area contributed by atoms with Crippen LogP contribution < -0.4 is 5.63 Å². The van der Waals surface area contributed by atoms with Crippen LogP contribution in [0.25, 0.3) is 11.0 Å². The smallest absolute Gasteiger partial charge is 0.336 e. The molecule has 164 valence electrons. The minimum Gasteiger partial charge on any atom is -0.507 e. The van der Waals surface area contributed by atoms with Crippen LogP contribution in [0, 0.1) is 5.92 Å². The van der Waals surface area contributed by atoms with Gasteiger partial charge in [-0.05, 0) is 82.3 Å². The second-order valence-electron chi connectivity index (χ2n) is 9.33. The molecule has 2 fully saturated rings. The highest BCUT2D eigenvalue weighted by Gasteiger charge is 2.33. The molecule has 0 radical (unpaired) electrons. The van der Waals surface area contributed by atoms with E-state index in [-0.39, 0.29) is 11.4 Å². The van der Waals surface area contributed by atoms with E-state index < -0.39 is 0 Å². The van der Waals surface area contributed by atoms with Crippen molar-refractivity contribution in [1.29, 1.82) is 0 Å². The Morgan fingerprint density at radius 2 is 2.03 bits per heavy atom. The Kier molecular flexibility index (Phi) is 6.79. The van der Waals surface area contributed by atoms with Crippen LogP contribution in [0.3, 0.4) is 0 Å². The number of hydrogen-bond donors (Lipinski definition) is 1. The summed E-state index contributed by atoms with van der Waals surface area (Å²) in [5.74, 6) is 0.890. The molecule has 0 unspecified atom stereocenters. The Morgan fingerprint density at radius 3 is 2.87 bits per heavy atom. The minimum atomic E-state index is -0.326. The van der Waals surface area contributed by atoms with Gasteiger partial charge in [-0.3, -0.25) is 0 Å². The molecule has 30 heavy (non-hydrogen) atoms. The van der Waals surface area contributed by atoms with E-state index in [1.54, 1.807) is 12.1 Å². The number of unbranched alkanes of at least 4 members (excludes halogenated alkanes) is 1. The van der Waals surface area contributed by atoms with Crippen molar-refractivity contribution in [3.8, 4) is 5.75 Å². The van der Waals surface area contributed by atoms with Crippen LogP contribution in [0.1, 0.15) is 63.0 Å². The number of aryl methyl sites for hydroxylation is 1. The lowest BCUT2D eigenvalue weighted by Gasteiger charge is -2.45. The number of phenols is 1. The fourth-order valence-electron chi connectivity index (χ4n) is 5.59. The maximum atomic E-state index is 12.2. The molecule has 0 spiro atoms. The third-order valence-electron chi connectivity index (χ3n) is 7.08. The number of piperidine rings is 2. The Bertz CT molecular complexity index is 920. The molecule has 2 aliphatic rings. The van der Waals surface area contributed by atoms with Gasteiger partial charge in [0.1, 0.15) is 11.3 Å². The average molecular weight is 413 g/mol. The zero-order valence-electron chi connectivity index (χ0n) is 18.5. The van der Waals surface area contributed by atoms with Gasteiger partial charge in [-0.2, -0.15) is 0 Å². The quantitative estimate of drug-likeness (QED) is 0.677. The lowest BCUT2D eigenvalue weighted by atomic mass is 9.83. The van der Waals surface area contributed by atoms with Crippen molar-refractivity contribution in [1.82, 2.24) is 9.80 Å². The highest BCUT2D eigenvalue weighted by atomic mass is 16.4. The van der Waals surface area contributed by atoms with Crippen molar-refractivity contribution < 1.29 is 9.52 Å². The van der Waals surface area contributed by atoms with Gasteiger partial charge in [0, 0.05) is 30.6 Å². The predicted molar refractivity (Wildman–Crippen MR) is 121 cm³/mol. The van der Waals surface area contributed by atoms with Crippen molar-refractivity contribution in [2.75, 3.05) is 26.7 Å². The van der Waals surface area contributed by atoms with Gasteiger partial charge in [0.2, 0.25) is 0 Å². The Hall–Kier alpha value is -1.85. The van der Waals surface area contributed by atoms with Crippen molar-refractivity contribution in [3.05, 3.63) is 39.7 Å². The molecule has 0 amide bonds. The van der Waals surface area contributed by atoms with E-state index in [1.165, 1.54) is 45.2 Å². The summed E-state index contributed by atoms with van der Waals surface area (Å²) in [6.07, 6.45) is 9.53. The summed E-state index contributed by atoms with van der Waals surface area (Å²) < 4.78 is 5.62. The summed E-state index contributed by atoms with van der Waals surface area (Å²) in [7, 11) is 2.12. The first-order chi connectivity index (χ1) is 14.6. The van der Waals surface area contributed by atoms with Crippen LogP contribution >= 0.6 is 0 Å². The van der Waals surface area contributed by atoms with Gasteiger partial charge >= 0.3 is 5.63 Å². The summed E-state index contributed by atoms with van der Waals surface area (Å²) >= 11 is 0. The van der Waals surface area contributed by atoms with Gasteiger partial charge in [0.25, 0.3) is 0 Å². The van der Waals surface area contributed by atoms with Crippen molar-refractivity contribution in [3.63, 3.8) is 0 Å². The molecule has 2 saturated heterocycles. The topological polar surface area (TPSA) is 56.9 Å². The summed E-state index contributed by atoms with van der Waals surface area (Å²) in [6.45, 7) is 6.25. The van der Waals surface area contributed by atoms with E-state index in [1.807, 2.05) is 6.07 Å². The molecule has 5 heteroatoms. The molecule has 1 aromatic carbocycles. The second kappa shape index (κ2) is 9.52. The van der Waals surface area contributed by atoms with Crippen LogP contribution in [-0.2, 0) is 13.0 Å². The molecule has 1 aromatic heterocycles. The van der Waals surface area contributed by atoms with Crippen LogP contribution in [-0.4, -0.2) is 47.6 Å². The predicted octanol–water partition coefficient (Wildman–Crippen LogP) is 4.54. The normalized spacial score (nSPS) is 22.5. The molecular formula is C25H36N2O3. The number of rotatable bonds is 7. The standard InChI is InChI=1S/C25H36N2O3/c1-3-4-8-18-15-24(29)30-25-20(18)11-12-23(28)21(25)17-26(2)16-19-9-7-14-27-13-6-5-10-22(19)27/h11-12,15,19,22,28H,3-10,13-14,16-17H2,1-2H3/t19-,22+/m0/s1. The lowest BCUT2D eigenvalue weighted by Crippen LogP contribution is -2.50. The molecule has 2 aliphatic heterocycles. The maximum absolute atomic E-state index is 12.2. The van der Waals surface area contributed by atoms with Crippen molar-refractivity contribution in [2.45, 2.75) is 70.9 Å². The zero-order chi connectivity index (χ0) is 21.1. The fraction of sp³-hybridized carbons (Fsp3) is 0.640. The second-order valence-corrected chi connectivity index (χ2v) is 9.33. The molecule has 1 N–H and O–H groups in total. The third kappa shape index (κ3) is 4.57. The van der Waals surface area contributed by atoms with E-state index in [9.17, 15) is 9.90 Å². The molecule has 0 bridgehead atoms. The molecule has 2 atom stereocenters. The zero-order valence-corrected chi connectivity index (χ0v) is 18.5. The first-order valence-corrected chi connectivity index (χ1v) is 11.8. The summed E-state index contributed by atoms with van der Waals surface area (Å²) in [4.78, 5) is 17.2. The van der Waals surface area contributed by atoms with Crippen LogP contribution in [0.5, 0.6) is 5.75 Å². The summed E-state index contributed by atoms with van der Waals surface area (Å²) in [5.41, 5.74) is 2.00. The molecule has 0 aliphatic carbocycles. The Labute approximate surface area is 179 Å². The first kappa shape index (κ1) is 21.4. The molecule has 3 heterocycles. The van der Waals surface area contributed by atoms with Gasteiger partial charge in [0.15, 0.2) is 0 Å². The fourth-order valence-corrected chi connectivity index (χ4v) is 5.59. The number of benzene rings is 1. The number of hydrogen-bond acceptors (Lipinski definition) is 5. The molecule has 2 aromatic rings. The van der Waals surface area contributed by atoms with Crippen molar-refractivity contribution in [2.24, 2.45) is 5.92 Å². The van der Waals surface area contributed by atoms with E-state index in [4.69, 9.17) is 4.42 Å². The van der Waals surface area contributed by atoms with Gasteiger partial charge < -0.3 is 19.3 Å². The summed E-state index contributed by atoms with van der Waals surface area (Å²) in [5, 5.41) is 11.6. The third-order valence-corrected chi connectivity index (χ3v) is 7.08. The lowest BCUT2D eigenvalue weighted by molar-refractivity contribution is 0.0434. The largest absolute Gasteiger partial charge is 0.507 e. The van der Waals surface area contributed by atoms with Crippen LogP contribution in [0.4, 0.5) is 0 Å². The van der Waals surface area contributed by atoms with Crippen LogP contribution in [0.15, 0.2) is 27.4 Å². The molecule has 4 rings (SSSR count). The van der Waals surface area contributed by atoms with Gasteiger partial charge in [-0.1, -0.05) is 19.8 Å². The highest BCUT2D eigenvalue weighted by Crippen LogP contribution is 2.33. The summed E-state index contributed by atoms with van der Waals surface area (Å²) in [6, 6.07) is 5.96. The SMILES string of the molecule is CCCCc1cc(=O)oc2c(CN(C)C[C@@H]3CCCN4CCCC[C@H]34)c(O)ccc12. The van der Waals surface area contributed by atoms with Crippen LogP contribution in [0.2, 0.25) is 0 Å². The Balaban J connectivity index is 1.56. The minimum absolute atomic E-state index is 0.216. The van der Waals surface area contributed by atoms with E-state index in [0.717, 1.165) is 42.3 Å². The Morgan fingerprint density at radius 1 is 1.20 bits per heavy atom.